The van der Waals surface area contributed by atoms with Gasteiger partial charge in [0.1, 0.15) is 0 Å². The van der Waals surface area contributed by atoms with Crippen LogP contribution in [0.25, 0.3) is 0 Å². The molecule has 2 aromatic carbocycles. The molecule has 8 heteroatoms. The van der Waals surface area contributed by atoms with Gasteiger partial charge in [0, 0.05) is 0 Å². The van der Waals surface area contributed by atoms with Gasteiger partial charge in [0.25, 0.3) is 0 Å². The number of nitrogens with zero attached hydrogens (tertiary/aromatic N) is 1. The molecule has 2 aliphatic rings. The van der Waals surface area contributed by atoms with Gasteiger partial charge in [-0.1, -0.05) is 0 Å². The van der Waals surface area contributed by atoms with Gasteiger partial charge in [0.15, 0.2) is 0 Å². The Balaban J connectivity index is 1.35. The molecule has 236 valence electrons. The molecule has 0 amide bonds. The maximum atomic E-state index is 6.76. The number of benzene rings is 2. The number of halogens is 1. The Morgan fingerprint density at radius 2 is 1.95 bits per heavy atom. The van der Waals surface area contributed by atoms with Crippen LogP contribution in [0.4, 0.5) is 5.69 Å². The van der Waals surface area contributed by atoms with Crippen molar-refractivity contribution in [1.29, 1.82) is 0 Å². The molecule has 0 saturated carbocycles. The van der Waals surface area contributed by atoms with Gasteiger partial charge in [-0.2, -0.15) is 0 Å². The van der Waals surface area contributed by atoms with Crippen molar-refractivity contribution in [2.24, 2.45) is 0 Å². The zero-order valence-electron chi connectivity index (χ0n) is 26.1. The van der Waals surface area contributed by atoms with Crippen molar-refractivity contribution >= 4 is 25.9 Å². The van der Waals surface area contributed by atoms with Crippen molar-refractivity contribution in [2.45, 2.75) is 49.2 Å². The predicted molar refractivity (Wildman–Crippen MR) is 184 cm³/mol. The second-order valence-electron chi connectivity index (χ2n) is 10.8. The normalized spacial score (nSPS) is 19.7. The monoisotopic (exact) mass is 704 g/mol. The van der Waals surface area contributed by atoms with Crippen LogP contribution < -0.4 is 15.0 Å². The summed E-state index contributed by atoms with van der Waals surface area (Å²) in [6.45, 7) is 11.9. The number of alkyl halides is 2. The third-order valence-electron chi connectivity index (χ3n) is 7.70. The van der Waals surface area contributed by atoms with Crippen molar-refractivity contribution < 1.29 is 22.0 Å². The van der Waals surface area contributed by atoms with E-state index in [0.29, 0.717) is 23.7 Å². The third-order valence-corrected chi connectivity index (χ3v) is 13.0. The molecule has 2 heterocycles. The molecule has 4 rings (SSSR count). The number of allylic oxidation sites excluding steroid dienone is 4. The Kier molecular flexibility index (Phi) is 14.4. The van der Waals surface area contributed by atoms with Crippen LogP contribution in [-0.2, 0) is 30.3 Å². The summed E-state index contributed by atoms with van der Waals surface area (Å²) in [6, 6.07) is 17.4. The van der Waals surface area contributed by atoms with E-state index in [1.165, 1.54) is 11.1 Å². The van der Waals surface area contributed by atoms with E-state index in [0.717, 1.165) is 79.3 Å². The number of nitrogens with one attached hydrogen (secondary N) is 1. The second kappa shape index (κ2) is 18.4. The number of aryl methyl sites for hydroxylation is 1. The van der Waals surface area contributed by atoms with E-state index in [2.05, 4.69) is 71.4 Å². The van der Waals surface area contributed by atoms with E-state index in [1.54, 1.807) is 14.2 Å². The van der Waals surface area contributed by atoms with Gasteiger partial charge in [0.2, 0.25) is 0 Å². The van der Waals surface area contributed by atoms with Crippen LogP contribution in [0, 0.1) is 0 Å². The minimum absolute atomic E-state index is 0.286. The minimum atomic E-state index is -1.90. The van der Waals surface area contributed by atoms with E-state index >= 15 is 0 Å². The molecule has 7 nitrogen and oxygen atoms in total. The molecular weight excluding hydrogens is 655 g/mol. The number of rotatable bonds is 17. The van der Waals surface area contributed by atoms with Gasteiger partial charge in [0.05, 0.1) is 0 Å². The summed E-state index contributed by atoms with van der Waals surface area (Å²) in [5, 5.41) is 3.75. The Morgan fingerprint density at radius 3 is 2.74 bits per heavy atom. The SMILES string of the molecule is C=C(/C=C\C(=C/C)OC)[C@H]1CC(COCCCc2ccccc2)NCI1OCc1ccc2c(c1)N(CCCOC)CCO2. The van der Waals surface area contributed by atoms with Gasteiger partial charge in [-0.3, -0.25) is 0 Å². The van der Waals surface area contributed by atoms with Gasteiger partial charge < -0.3 is 0 Å². The molecular formula is C35H49IN2O5. The van der Waals surface area contributed by atoms with Gasteiger partial charge in [-0.15, -0.1) is 0 Å². The van der Waals surface area contributed by atoms with Gasteiger partial charge in [-0.25, -0.2) is 0 Å². The molecule has 43 heavy (non-hydrogen) atoms. The van der Waals surface area contributed by atoms with Crippen LogP contribution in [0.2, 0.25) is 0 Å². The summed E-state index contributed by atoms with van der Waals surface area (Å²) in [4.78, 5) is 2.40. The zero-order chi connectivity index (χ0) is 30.3. The van der Waals surface area contributed by atoms with Crippen LogP contribution in [-0.4, -0.2) is 68.3 Å². The molecule has 1 N–H and O–H groups in total. The Labute approximate surface area is 266 Å². The predicted octanol–water partition coefficient (Wildman–Crippen LogP) is 6.86. The molecule has 1 unspecified atom stereocenters. The Bertz CT molecular complexity index is 1190. The molecule has 2 aliphatic heterocycles. The van der Waals surface area contributed by atoms with Crippen molar-refractivity contribution in [1.82, 2.24) is 5.32 Å². The molecule has 2 atom stereocenters. The average Bonchev–Trinajstić information content (AvgIpc) is 3.05. The number of methoxy groups -OCH3 is 2. The van der Waals surface area contributed by atoms with E-state index in [-0.39, 0.29) is 6.04 Å². The van der Waals surface area contributed by atoms with Crippen LogP contribution >= 0.6 is 20.2 Å². The van der Waals surface area contributed by atoms with E-state index < -0.39 is 20.2 Å². The summed E-state index contributed by atoms with van der Waals surface area (Å²) in [6.07, 6.45) is 10.1. The first kappa shape index (κ1) is 33.5. The molecule has 0 bridgehead atoms. The Morgan fingerprint density at radius 1 is 1.09 bits per heavy atom. The van der Waals surface area contributed by atoms with Crippen LogP contribution in [0.3, 0.4) is 0 Å². The number of fused-ring (bicyclic) bond motifs is 1. The van der Waals surface area contributed by atoms with Crippen molar-refractivity contribution in [2.75, 3.05) is 63.2 Å². The topological polar surface area (TPSA) is 61.4 Å². The van der Waals surface area contributed by atoms with Crippen molar-refractivity contribution in [3.8, 4) is 5.75 Å². The molecule has 1 saturated heterocycles. The summed E-state index contributed by atoms with van der Waals surface area (Å²) in [5.41, 5.74) is 4.80. The van der Waals surface area contributed by atoms with Crippen LogP contribution in [0.5, 0.6) is 5.75 Å². The fourth-order valence-corrected chi connectivity index (χ4v) is 10.5. The number of hydrogen-bond donors (Lipinski definition) is 1. The van der Waals surface area contributed by atoms with E-state index in [9.17, 15) is 0 Å². The maximum absolute atomic E-state index is 6.76. The van der Waals surface area contributed by atoms with Crippen LogP contribution in [0.1, 0.15) is 37.3 Å². The molecule has 1 fully saturated rings. The first-order chi connectivity index (χ1) is 21.1. The molecule has 0 spiro atoms. The first-order valence-corrected chi connectivity index (χ1v) is 19.0. The first-order valence-electron chi connectivity index (χ1n) is 15.3. The third kappa shape index (κ3) is 10.6. The Hall–Kier alpha value is -2.37. The molecule has 2 aromatic rings. The summed E-state index contributed by atoms with van der Waals surface area (Å²) in [5.74, 6) is 1.78. The summed E-state index contributed by atoms with van der Waals surface area (Å²) in [7, 11) is 3.45. The zero-order valence-corrected chi connectivity index (χ0v) is 28.2. The average molecular weight is 705 g/mol. The van der Waals surface area contributed by atoms with Gasteiger partial charge in [-0.05, 0) is 0 Å². The number of hydrogen-bond acceptors (Lipinski definition) is 7. The quantitative estimate of drug-likeness (QED) is 0.0483. The fraction of sp³-hybridized carbons (Fsp3) is 0.486. The van der Waals surface area contributed by atoms with Crippen molar-refractivity contribution in [3.63, 3.8) is 0 Å². The fourth-order valence-electron chi connectivity index (χ4n) is 5.26. The molecule has 0 aromatic heterocycles. The van der Waals surface area contributed by atoms with E-state index in [4.69, 9.17) is 22.0 Å². The standard InChI is InChI=1S/C35H49IN2O5/c1-5-32(40-4)16-14-28(2)33-24-31(26-41-21-9-13-29-11-7-6-8-12-29)37-27-36(33)43-25-30-15-17-35-34(23-30)38(19-22-42-35)18-10-20-39-3/h5-8,11-12,14-17,23,31,33,37H,2,9-10,13,18-22,24-27H2,1,3-4H3/b16-14-,32-5+/t31?,33-/m1/s1. The van der Waals surface area contributed by atoms with Crippen molar-refractivity contribution in [3.05, 3.63) is 95.8 Å². The second-order valence-corrected chi connectivity index (χ2v) is 15.7. The van der Waals surface area contributed by atoms with Gasteiger partial charge >= 0.3 is 267 Å². The van der Waals surface area contributed by atoms with E-state index in [1.807, 2.05) is 19.1 Å². The number of ether oxygens (including phenoxy) is 4. The summed E-state index contributed by atoms with van der Waals surface area (Å²) >= 11 is -1.90. The molecule has 0 radical (unpaired) electrons. The molecule has 0 aliphatic carbocycles. The number of anilines is 1. The van der Waals surface area contributed by atoms with Crippen LogP contribution in [0.15, 0.2) is 84.7 Å². The summed E-state index contributed by atoms with van der Waals surface area (Å²) < 4.78 is 30.8.